The summed E-state index contributed by atoms with van der Waals surface area (Å²) in [6.45, 7) is 0. The van der Waals surface area contributed by atoms with Crippen LogP contribution in [0.1, 0.15) is 0 Å². The molecule has 1 heterocycles. The van der Waals surface area contributed by atoms with Crippen LogP contribution in [0.4, 0.5) is 17.1 Å². The first-order chi connectivity index (χ1) is 25.8. The van der Waals surface area contributed by atoms with Crippen LogP contribution in [0, 0.1) is 0 Å². The van der Waals surface area contributed by atoms with Crippen molar-refractivity contribution >= 4 is 60.5 Å². The van der Waals surface area contributed by atoms with Crippen LogP contribution < -0.4 is 4.90 Å². The summed E-state index contributed by atoms with van der Waals surface area (Å²) in [5.74, 6) is 0. The van der Waals surface area contributed by atoms with Gasteiger partial charge in [0.2, 0.25) is 0 Å². The molecule has 9 aromatic carbocycles. The minimum Gasteiger partial charge on any atom is -0.456 e. The maximum Gasteiger partial charge on any atom is 0.137 e. The smallest absolute Gasteiger partial charge is 0.137 e. The van der Waals surface area contributed by atoms with Gasteiger partial charge in [-0.25, -0.2) is 0 Å². The van der Waals surface area contributed by atoms with E-state index in [1.165, 1.54) is 54.9 Å². The predicted molar refractivity (Wildman–Crippen MR) is 220 cm³/mol. The second-order valence-corrected chi connectivity index (χ2v) is 13.3. The van der Waals surface area contributed by atoms with Crippen molar-refractivity contribution in [3.63, 3.8) is 0 Å². The molecular weight excluding hydrogens is 631 g/mol. The van der Waals surface area contributed by atoms with Gasteiger partial charge < -0.3 is 9.32 Å². The molecule has 10 aromatic rings. The van der Waals surface area contributed by atoms with Gasteiger partial charge in [0.1, 0.15) is 11.2 Å². The highest BCUT2D eigenvalue weighted by molar-refractivity contribution is 6.17. The fraction of sp³-hybridized carbons (Fsp3) is 0. The average molecular weight is 664 g/mol. The van der Waals surface area contributed by atoms with Gasteiger partial charge in [-0.1, -0.05) is 152 Å². The predicted octanol–water partition coefficient (Wildman–Crippen LogP) is 14.4. The second kappa shape index (κ2) is 12.5. The molecule has 0 fully saturated rings. The van der Waals surface area contributed by atoms with Gasteiger partial charge in [0.05, 0.1) is 5.69 Å². The lowest BCUT2D eigenvalue weighted by Crippen LogP contribution is -2.12. The SMILES string of the molecule is c1ccc(-c2ccc(N(c3ccc4c(c3)oc3ccccc34)c3cccc(-c4ccccc4)c3-c3cc4ccccc4c4ccccc34)cc2)cc1. The standard InChI is InChI=1S/C50H33NO/c1-3-14-34(15-4-1)35-26-28-38(29-27-35)51(39-30-31-45-44-22-11-12-25-48(44)52-49(45)33-39)47-24-13-23-41(36-16-5-2-6-17-36)50(47)46-32-37-18-7-8-19-40(37)42-20-9-10-21-43(42)46/h1-33H. The molecule has 0 aliphatic carbocycles. The summed E-state index contributed by atoms with van der Waals surface area (Å²) in [6, 6.07) is 71.8. The van der Waals surface area contributed by atoms with Crippen molar-refractivity contribution in [1.29, 1.82) is 0 Å². The van der Waals surface area contributed by atoms with Gasteiger partial charge in [0.25, 0.3) is 0 Å². The quantitative estimate of drug-likeness (QED) is 0.165. The van der Waals surface area contributed by atoms with E-state index < -0.39 is 0 Å². The van der Waals surface area contributed by atoms with E-state index in [2.05, 4.69) is 193 Å². The van der Waals surface area contributed by atoms with E-state index in [9.17, 15) is 0 Å². The zero-order chi connectivity index (χ0) is 34.4. The van der Waals surface area contributed by atoms with Crippen LogP contribution in [0.25, 0.3) is 76.9 Å². The number of nitrogens with zero attached hydrogens (tertiary/aromatic N) is 1. The summed E-state index contributed by atoms with van der Waals surface area (Å²) in [7, 11) is 0. The molecule has 244 valence electrons. The number of anilines is 3. The first-order valence-corrected chi connectivity index (χ1v) is 17.8. The lowest BCUT2D eigenvalue weighted by Gasteiger charge is -2.30. The van der Waals surface area contributed by atoms with Crippen molar-refractivity contribution in [2.75, 3.05) is 4.90 Å². The molecule has 0 atom stereocenters. The minimum absolute atomic E-state index is 0.863. The highest BCUT2D eigenvalue weighted by Gasteiger charge is 2.23. The molecular formula is C50H33NO. The number of benzene rings is 9. The number of fused-ring (bicyclic) bond motifs is 6. The molecule has 2 heteroatoms. The van der Waals surface area contributed by atoms with E-state index in [-0.39, 0.29) is 0 Å². The number of para-hydroxylation sites is 1. The van der Waals surface area contributed by atoms with Crippen molar-refractivity contribution < 1.29 is 4.42 Å². The van der Waals surface area contributed by atoms with E-state index in [1.807, 2.05) is 12.1 Å². The molecule has 2 nitrogen and oxygen atoms in total. The van der Waals surface area contributed by atoms with E-state index in [4.69, 9.17) is 4.42 Å². The highest BCUT2D eigenvalue weighted by Crippen LogP contribution is 2.49. The minimum atomic E-state index is 0.863. The van der Waals surface area contributed by atoms with Gasteiger partial charge in [-0.2, -0.15) is 0 Å². The molecule has 0 N–H and O–H groups in total. The Bertz CT molecular complexity index is 2890. The zero-order valence-electron chi connectivity index (χ0n) is 28.4. The first kappa shape index (κ1) is 30.0. The number of rotatable bonds is 6. The monoisotopic (exact) mass is 663 g/mol. The van der Waals surface area contributed by atoms with E-state index in [0.717, 1.165) is 39.0 Å². The van der Waals surface area contributed by atoms with Crippen molar-refractivity contribution in [3.8, 4) is 33.4 Å². The topological polar surface area (TPSA) is 16.4 Å². The summed E-state index contributed by atoms with van der Waals surface area (Å²) in [5, 5.41) is 7.16. The molecule has 0 spiro atoms. The Morgan fingerprint density at radius 1 is 0.327 bits per heavy atom. The van der Waals surface area contributed by atoms with Gasteiger partial charge in [0.15, 0.2) is 0 Å². The van der Waals surface area contributed by atoms with Crippen LogP contribution in [0.3, 0.4) is 0 Å². The molecule has 1 aromatic heterocycles. The molecule has 10 rings (SSSR count). The summed E-state index contributed by atoms with van der Waals surface area (Å²) >= 11 is 0. The lowest BCUT2D eigenvalue weighted by molar-refractivity contribution is 0.669. The maximum absolute atomic E-state index is 6.48. The van der Waals surface area contributed by atoms with E-state index >= 15 is 0 Å². The molecule has 0 aliphatic heterocycles. The van der Waals surface area contributed by atoms with Gasteiger partial charge in [0, 0.05) is 33.8 Å². The Hall–Kier alpha value is -6.90. The van der Waals surface area contributed by atoms with Gasteiger partial charge in [-0.05, 0) is 91.8 Å². The van der Waals surface area contributed by atoms with E-state index in [1.54, 1.807) is 0 Å². The van der Waals surface area contributed by atoms with Crippen molar-refractivity contribution in [1.82, 2.24) is 0 Å². The number of hydrogen-bond donors (Lipinski definition) is 0. The fourth-order valence-electron chi connectivity index (χ4n) is 7.84. The number of furan rings is 1. The zero-order valence-corrected chi connectivity index (χ0v) is 28.4. The molecule has 0 aliphatic rings. The molecule has 0 amide bonds. The van der Waals surface area contributed by atoms with Gasteiger partial charge in [-0.3, -0.25) is 0 Å². The van der Waals surface area contributed by atoms with E-state index in [0.29, 0.717) is 0 Å². The molecule has 0 unspecified atom stereocenters. The second-order valence-electron chi connectivity index (χ2n) is 13.3. The summed E-state index contributed by atoms with van der Waals surface area (Å²) in [6.07, 6.45) is 0. The Kier molecular flexibility index (Phi) is 7.18. The third kappa shape index (κ3) is 5.04. The van der Waals surface area contributed by atoms with Crippen molar-refractivity contribution in [2.45, 2.75) is 0 Å². The van der Waals surface area contributed by atoms with Crippen LogP contribution in [-0.4, -0.2) is 0 Å². The van der Waals surface area contributed by atoms with Crippen LogP contribution in [0.5, 0.6) is 0 Å². The Labute approximate surface area is 302 Å². The highest BCUT2D eigenvalue weighted by atomic mass is 16.3. The van der Waals surface area contributed by atoms with Gasteiger partial charge in [-0.15, -0.1) is 0 Å². The third-order valence-corrected chi connectivity index (χ3v) is 10.3. The Morgan fingerprint density at radius 2 is 0.923 bits per heavy atom. The first-order valence-electron chi connectivity index (χ1n) is 17.8. The molecule has 0 bridgehead atoms. The Morgan fingerprint density at radius 3 is 1.71 bits per heavy atom. The fourth-order valence-corrected chi connectivity index (χ4v) is 7.84. The van der Waals surface area contributed by atoms with Crippen molar-refractivity contribution in [2.24, 2.45) is 0 Å². The van der Waals surface area contributed by atoms with Crippen LogP contribution >= 0.6 is 0 Å². The Balaban J connectivity index is 1.28. The molecule has 52 heavy (non-hydrogen) atoms. The largest absolute Gasteiger partial charge is 0.456 e. The maximum atomic E-state index is 6.48. The molecule has 0 saturated carbocycles. The number of hydrogen-bond acceptors (Lipinski definition) is 2. The third-order valence-electron chi connectivity index (χ3n) is 10.3. The summed E-state index contributed by atoms with van der Waals surface area (Å²) in [4.78, 5) is 2.40. The van der Waals surface area contributed by atoms with Crippen LogP contribution in [-0.2, 0) is 0 Å². The van der Waals surface area contributed by atoms with Gasteiger partial charge >= 0.3 is 0 Å². The van der Waals surface area contributed by atoms with Crippen molar-refractivity contribution in [3.05, 3.63) is 200 Å². The summed E-state index contributed by atoms with van der Waals surface area (Å²) in [5.41, 5.74) is 12.0. The summed E-state index contributed by atoms with van der Waals surface area (Å²) < 4.78 is 6.48. The van der Waals surface area contributed by atoms with Crippen LogP contribution in [0.2, 0.25) is 0 Å². The lowest BCUT2D eigenvalue weighted by atomic mass is 9.87. The normalized spacial score (nSPS) is 11.5. The molecule has 0 saturated heterocycles. The average Bonchev–Trinajstić information content (AvgIpc) is 3.59. The van der Waals surface area contributed by atoms with Crippen LogP contribution in [0.15, 0.2) is 205 Å². The molecule has 0 radical (unpaired) electrons.